The third-order valence-corrected chi connectivity index (χ3v) is 8.84. The number of carbonyl (C=O) groups excluding carboxylic acids is 1. The second kappa shape index (κ2) is 15.0. The predicted molar refractivity (Wildman–Crippen MR) is 170 cm³/mol. The summed E-state index contributed by atoms with van der Waals surface area (Å²) in [6.07, 6.45) is 2.59. The normalized spacial score (nSPS) is 16.5. The van der Waals surface area contributed by atoms with Crippen molar-refractivity contribution in [1.29, 1.82) is 0 Å². The van der Waals surface area contributed by atoms with Gasteiger partial charge in [-0.25, -0.2) is 14.2 Å². The first-order valence-corrected chi connectivity index (χ1v) is 17.0. The van der Waals surface area contributed by atoms with Gasteiger partial charge in [0.05, 0.1) is 49.9 Å². The molecule has 46 heavy (non-hydrogen) atoms. The highest BCUT2D eigenvalue weighted by atomic mass is 35.5. The van der Waals surface area contributed by atoms with Crippen molar-refractivity contribution >= 4 is 36.7 Å². The number of halogens is 1. The van der Waals surface area contributed by atoms with Gasteiger partial charge in [-0.3, -0.25) is 23.3 Å². The Labute approximate surface area is 276 Å². The van der Waals surface area contributed by atoms with Crippen LogP contribution in [0.3, 0.4) is 0 Å². The lowest BCUT2D eigenvalue weighted by Gasteiger charge is -2.30. The van der Waals surface area contributed by atoms with E-state index < -0.39 is 31.7 Å². The zero-order valence-electron chi connectivity index (χ0n) is 27.1. The molecule has 0 bridgehead atoms. The van der Waals surface area contributed by atoms with Gasteiger partial charge in [0, 0.05) is 23.0 Å². The number of pyridine rings is 2. The molecule has 1 fully saturated rings. The van der Waals surface area contributed by atoms with Crippen molar-refractivity contribution in [2.75, 3.05) is 33.5 Å². The molecule has 14 nitrogen and oxygen atoms in total. The minimum absolute atomic E-state index is 0.0881. The van der Waals surface area contributed by atoms with Gasteiger partial charge in [0.15, 0.2) is 6.73 Å². The molecule has 0 aliphatic carbocycles. The monoisotopic (exact) mass is 699 g/mol. The summed E-state index contributed by atoms with van der Waals surface area (Å²) in [5, 5.41) is 4.80. The van der Waals surface area contributed by atoms with E-state index >= 15 is 0 Å². The zero-order chi connectivity index (χ0) is 33.7. The number of carbonyl (C=O) groups is 1. The Hall–Kier alpha value is -2.75. The van der Waals surface area contributed by atoms with Crippen LogP contribution in [-0.2, 0) is 34.3 Å². The second-order valence-corrected chi connectivity index (χ2v) is 15.0. The first-order valence-electron chi connectivity index (χ1n) is 14.4. The smallest absolute Gasteiger partial charge is 0.477 e. The molecule has 1 atom stereocenters. The fourth-order valence-corrected chi connectivity index (χ4v) is 6.71. The molecule has 1 saturated heterocycles. The maximum atomic E-state index is 13.8. The van der Waals surface area contributed by atoms with Gasteiger partial charge >= 0.3 is 7.82 Å². The second-order valence-electron chi connectivity index (χ2n) is 12.1. The third-order valence-electron chi connectivity index (χ3n) is 5.80. The number of methoxy groups -OCH3 is 1. The number of phosphoric ester groups is 1. The number of ether oxygens (including phenoxy) is 4. The maximum absolute atomic E-state index is 13.8. The van der Waals surface area contributed by atoms with E-state index in [0.717, 1.165) is 11.3 Å². The van der Waals surface area contributed by atoms with Crippen molar-refractivity contribution in [2.24, 2.45) is 4.99 Å². The molecule has 4 rings (SSSR count). The average molecular weight is 700 g/mol. The van der Waals surface area contributed by atoms with E-state index in [0.29, 0.717) is 42.4 Å². The summed E-state index contributed by atoms with van der Waals surface area (Å²) in [5.74, 6) is -0.242. The molecule has 1 amide bonds. The predicted octanol–water partition coefficient (Wildman–Crippen LogP) is 5.62. The van der Waals surface area contributed by atoms with Crippen molar-refractivity contribution in [1.82, 2.24) is 19.7 Å². The Morgan fingerprint density at radius 2 is 1.83 bits per heavy atom. The summed E-state index contributed by atoms with van der Waals surface area (Å²) in [5.41, 5.74) is 0.117. The molecule has 3 aromatic rings. The minimum atomic E-state index is -4.14. The summed E-state index contributed by atoms with van der Waals surface area (Å²) in [7, 11) is -2.65. The van der Waals surface area contributed by atoms with Gasteiger partial charge in [-0.05, 0) is 71.9 Å². The molecular weight excluding hydrogens is 661 g/mol. The molecule has 0 N–H and O–H groups in total. The minimum Gasteiger partial charge on any atom is -0.494 e. The van der Waals surface area contributed by atoms with Gasteiger partial charge < -0.3 is 18.9 Å². The lowest BCUT2D eigenvalue weighted by Crippen LogP contribution is -2.33. The molecular formula is C29H39ClN5O9PS. The quantitative estimate of drug-likeness (QED) is 0.180. The fraction of sp³-hybridized carbons (Fsp3) is 0.552. The lowest BCUT2D eigenvalue weighted by atomic mass is 10.0. The zero-order valence-corrected chi connectivity index (χ0v) is 29.5. The Morgan fingerprint density at radius 1 is 1.11 bits per heavy atom. The molecule has 252 valence electrons. The van der Waals surface area contributed by atoms with Gasteiger partial charge in [-0.2, -0.15) is 4.99 Å². The van der Waals surface area contributed by atoms with E-state index in [1.54, 1.807) is 60.6 Å². The van der Waals surface area contributed by atoms with Crippen molar-refractivity contribution in [2.45, 2.75) is 72.5 Å². The van der Waals surface area contributed by atoms with E-state index in [2.05, 4.69) is 20.1 Å². The molecule has 3 aromatic heterocycles. The number of aromatic nitrogens is 4. The number of phosphoric acid groups is 1. The molecule has 17 heteroatoms. The van der Waals surface area contributed by atoms with Gasteiger partial charge in [0.2, 0.25) is 4.80 Å². The van der Waals surface area contributed by atoms with Gasteiger partial charge in [-0.15, -0.1) is 5.10 Å². The van der Waals surface area contributed by atoms with Crippen LogP contribution >= 0.6 is 30.8 Å². The van der Waals surface area contributed by atoms with Crippen molar-refractivity contribution in [3.63, 3.8) is 0 Å². The number of rotatable bonds is 11. The van der Waals surface area contributed by atoms with E-state index in [9.17, 15) is 9.36 Å². The summed E-state index contributed by atoms with van der Waals surface area (Å²) in [4.78, 5) is 26.6. The lowest BCUT2D eigenvalue weighted by molar-refractivity contribution is -0.101. The summed E-state index contributed by atoms with van der Waals surface area (Å²) in [6.45, 7) is 13.2. The van der Waals surface area contributed by atoms with E-state index in [1.165, 1.54) is 24.2 Å². The molecule has 1 aliphatic rings. The van der Waals surface area contributed by atoms with Crippen molar-refractivity contribution in [3.8, 4) is 22.1 Å². The molecule has 0 aromatic carbocycles. The van der Waals surface area contributed by atoms with Crippen LogP contribution in [0.2, 0.25) is 5.15 Å². The average Bonchev–Trinajstić information content (AvgIpc) is 3.34. The highest BCUT2D eigenvalue weighted by Crippen LogP contribution is 2.55. The van der Waals surface area contributed by atoms with E-state index in [-0.39, 0.29) is 33.4 Å². The molecule has 0 radical (unpaired) electrons. The van der Waals surface area contributed by atoms with Crippen LogP contribution in [0, 0.1) is 6.92 Å². The van der Waals surface area contributed by atoms with Gasteiger partial charge in [-0.1, -0.05) is 11.6 Å². The highest BCUT2D eigenvalue weighted by molar-refractivity contribution is 7.48. The van der Waals surface area contributed by atoms with Crippen LogP contribution in [-0.4, -0.2) is 76.5 Å². The molecule has 0 unspecified atom stereocenters. The number of aryl methyl sites for hydroxylation is 1. The number of hydrogen-bond acceptors (Lipinski definition) is 13. The van der Waals surface area contributed by atoms with Crippen molar-refractivity contribution < 1.29 is 41.9 Å². The Kier molecular flexibility index (Phi) is 11.8. The fourth-order valence-electron chi connectivity index (χ4n) is 4.07. The van der Waals surface area contributed by atoms with Crippen LogP contribution in [0.25, 0.3) is 11.1 Å². The first kappa shape index (κ1) is 36.1. The molecule has 1 aliphatic heterocycles. The molecule has 0 spiro atoms. The van der Waals surface area contributed by atoms with Crippen LogP contribution in [0.4, 0.5) is 0 Å². The summed E-state index contributed by atoms with van der Waals surface area (Å²) < 4.78 is 54.6. The third kappa shape index (κ3) is 10.4. The van der Waals surface area contributed by atoms with E-state index in [4.69, 9.17) is 44.1 Å². The van der Waals surface area contributed by atoms with Crippen LogP contribution in [0.15, 0.2) is 29.5 Å². The SMILES string of the molecule is COc1cnc(Cl)cc1-c1cc(C)ncc1C(=O)N=c1sc(OC[C@H]2COCCO2)nn1COP(=O)(OC(C)(C)C)OC(C)(C)C. The molecule has 4 heterocycles. The standard InChI is InChI=1S/C29H39ClN5O9PS/c1-18-11-20(21-12-24(30)32-14-23(21)38-8)22(13-31-18)25(36)33-26-35(34-27(46-26)41-16-19-15-39-9-10-40-19)17-42-45(37,43-28(2,3)4)44-29(5,6)7/h11-14,19H,9-10,15-17H2,1-8H3/t19-/m1/s1. The number of amides is 1. The number of hydrogen-bond donors (Lipinski definition) is 0. The molecule has 0 saturated carbocycles. The Bertz CT molecular complexity index is 1620. The maximum Gasteiger partial charge on any atom is 0.477 e. The van der Waals surface area contributed by atoms with Gasteiger partial charge in [0.25, 0.3) is 11.1 Å². The van der Waals surface area contributed by atoms with Crippen molar-refractivity contribution in [3.05, 3.63) is 45.7 Å². The van der Waals surface area contributed by atoms with Crippen LogP contribution < -0.4 is 14.3 Å². The summed E-state index contributed by atoms with van der Waals surface area (Å²) >= 11 is 7.18. The Morgan fingerprint density at radius 3 is 2.46 bits per heavy atom. The van der Waals surface area contributed by atoms with Gasteiger partial charge in [0.1, 0.15) is 23.6 Å². The Balaban J connectivity index is 1.73. The van der Waals surface area contributed by atoms with E-state index in [1.807, 2.05) is 0 Å². The summed E-state index contributed by atoms with van der Waals surface area (Å²) in [6, 6.07) is 3.32. The highest BCUT2D eigenvalue weighted by Gasteiger charge is 2.37. The van der Waals surface area contributed by atoms with Crippen LogP contribution in [0.5, 0.6) is 10.9 Å². The number of nitrogens with zero attached hydrogens (tertiary/aromatic N) is 5. The largest absolute Gasteiger partial charge is 0.494 e. The topological polar surface area (TPSA) is 155 Å². The van der Waals surface area contributed by atoms with Crippen LogP contribution in [0.1, 0.15) is 57.6 Å². The first-order chi connectivity index (χ1) is 21.5.